The van der Waals surface area contributed by atoms with Gasteiger partial charge in [0.25, 0.3) is 0 Å². The Morgan fingerprint density at radius 1 is 1.38 bits per heavy atom. The minimum Gasteiger partial charge on any atom is -0.377 e. The average Bonchev–Trinajstić information content (AvgIpc) is 2.52. The predicted octanol–water partition coefficient (Wildman–Crippen LogP) is 1.58. The van der Waals surface area contributed by atoms with Gasteiger partial charge in [0.15, 0.2) is 5.69 Å². The molecule has 0 saturated heterocycles. The van der Waals surface area contributed by atoms with Crippen molar-refractivity contribution in [2.24, 2.45) is 0 Å². The summed E-state index contributed by atoms with van der Waals surface area (Å²) in [7, 11) is -3.72. The monoisotopic (exact) mass is 309 g/mol. The standard InChI is InChI=1S/C14H19N3O3S/c15-11-13-14(7-4-8-16-13)21(18,19)17-9-10-20-12-5-2-1-3-6-12/h4,7-8,12,17H,1-3,5-6,9-10H2. The molecule has 1 aromatic heterocycles. The zero-order valence-corrected chi connectivity index (χ0v) is 12.6. The number of aromatic nitrogens is 1. The van der Waals surface area contributed by atoms with Crippen molar-refractivity contribution in [3.63, 3.8) is 0 Å². The van der Waals surface area contributed by atoms with Crippen LogP contribution in [0.3, 0.4) is 0 Å². The third kappa shape index (κ3) is 4.49. The Hall–Kier alpha value is -1.49. The molecule has 1 fully saturated rings. The molecular formula is C14H19N3O3S. The van der Waals surface area contributed by atoms with Crippen LogP contribution in [0.25, 0.3) is 0 Å². The largest absolute Gasteiger partial charge is 0.377 e. The van der Waals surface area contributed by atoms with Crippen LogP contribution in [0.5, 0.6) is 0 Å². The van der Waals surface area contributed by atoms with Crippen LogP contribution in [0.1, 0.15) is 37.8 Å². The van der Waals surface area contributed by atoms with Crippen molar-refractivity contribution >= 4 is 10.0 Å². The summed E-state index contributed by atoms with van der Waals surface area (Å²) in [4.78, 5) is 3.66. The van der Waals surface area contributed by atoms with Crippen LogP contribution >= 0.6 is 0 Å². The highest BCUT2D eigenvalue weighted by atomic mass is 32.2. The summed E-state index contributed by atoms with van der Waals surface area (Å²) in [5.41, 5.74) is -0.0989. The van der Waals surface area contributed by atoms with E-state index in [-0.39, 0.29) is 23.2 Å². The molecule has 0 bridgehead atoms. The van der Waals surface area contributed by atoms with E-state index < -0.39 is 10.0 Å². The number of pyridine rings is 1. The Labute approximate surface area is 125 Å². The fourth-order valence-corrected chi connectivity index (χ4v) is 3.52. The van der Waals surface area contributed by atoms with E-state index in [1.54, 1.807) is 6.07 Å². The van der Waals surface area contributed by atoms with E-state index in [1.165, 1.54) is 37.6 Å². The maximum Gasteiger partial charge on any atom is 0.243 e. The molecule has 1 N–H and O–H groups in total. The Balaban J connectivity index is 1.85. The quantitative estimate of drug-likeness (QED) is 0.805. The molecule has 2 rings (SSSR count). The van der Waals surface area contributed by atoms with Crippen LogP contribution in [-0.2, 0) is 14.8 Å². The molecule has 0 aliphatic heterocycles. The maximum absolute atomic E-state index is 12.1. The van der Waals surface area contributed by atoms with E-state index in [9.17, 15) is 8.42 Å². The van der Waals surface area contributed by atoms with Crippen LogP contribution in [0.15, 0.2) is 23.2 Å². The van der Waals surface area contributed by atoms with Gasteiger partial charge in [0.1, 0.15) is 11.0 Å². The molecule has 1 saturated carbocycles. The first-order valence-corrected chi connectivity index (χ1v) is 8.58. The Morgan fingerprint density at radius 2 is 2.14 bits per heavy atom. The van der Waals surface area contributed by atoms with Crippen LogP contribution in [0, 0.1) is 11.3 Å². The summed E-state index contributed by atoms with van der Waals surface area (Å²) in [6, 6.07) is 4.65. The molecule has 1 aliphatic rings. The topological polar surface area (TPSA) is 92.1 Å². The van der Waals surface area contributed by atoms with E-state index in [0.717, 1.165) is 12.8 Å². The summed E-state index contributed by atoms with van der Waals surface area (Å²) in [5.74, 6) is 0. The van der Waals surface area contributed by atoms with Gasteiger partial charge in [0.05, 0.1) is 12.7 Å². The average molecular weight is 309 g/mol. The molecule has 0 spiro atoms. The molecule has 21 heavy (non-hydrogen) atoms. The second kappa shape index (κ2) is 7.50. The number of nitriles is 1. The van der Waals surface area contributed by atoms with Gasteiger partial charge in [-0.1, -0.05) is 19.3 Å². The second-order valence-electron chi connectivity index (χ2n) is 4.99. The van der Waals surface area contributed by atoms with Crippen molar-refractivity contribution in [3.05, 3.63) is 24.0 Å². The lowest BCUT2D eigenvalue weighted by molar-refractivity contribution is 0.0321. The van der Waals surface area contributed by atoms with Crippen LogP contribution in [0.2, 0.25) is 0 Å². The number of hydrogen-bond donors (Lipinski definition) is 1. The zero-order chi connectivity index (χ0) is 15.1. The highest BCUT2D eigenvalue weighted by Gasteiger charge is 2.19. The minimum absolute atomic E-state index is 0.0924. The molecule has 0 radical (unpaired) electrons. The number of hydrogen-bond acceptors (Lipinski definition) is 5. The lowest BCUT2D eigenvalue weighted by atomic mass is 9.98. The van der Waals surface area contributed by atoms with Gasteiger partial charge in [0, 0.05) is 12.7 Å². The van der Waals surface area contributed by atoms with Gasteiger partial charge in [-0.15, -0.1) is 0 Å². The normalized spacial score (nSPS) is 16.5. The fourth-order valence-electron chi connectivity index (χ4n) is 2.40. The number of nitrogens with zero attached hydrogens (tertiary/aromatic N) is 2. The van der Waals surface area contributed by atoms with E-state index in [2.05, 4.69) is 9.71 Å². The molecule has 0 unspecified atom stereocenters. The van der Waals surface area contributed by atoms with Crippen molar-refractivity contribution in [3.8, 4) is 6.07 Å². The summed E-state index contributed by atoms with van der Waals surface area (Å²) in [5, 5.41) is 8.89. The number of nitrogens with one attached hydrogen (secondary N) is 1. The summed E-state index contributed by atoms with van der Waals surface area (Å²) in [6.07, 6.45) is 7.35. The van der Waals surface area contributed by atoms with Gasteiger partial charge in [0.2, 0.25) is 10.0 Å². The van der Waals surface area contributed by atoms with Crippen LogP contribution < -0.4 is 4.72 Å². The highest BCUT2D eigenvalue weighted by Crippen LogP contribution is 2.20. The van der Waals surface area contributed by atoms with E-state index >= 15 is 0 Å². The Kier molecular flexibility index (Phi) is 5.67. The van der Waals surface area contributed by atoms with Crippen molar-refractivity contribution in [1.29, 1.82) is 5.26 Å². The third-order valence-electron chi connectivity index (χ3n) is 3.47. The number of ether oxygens (including phenoxy) is 1. The zero-order valence-electron chi connectivity index (χ0n) is 11.8. The lowest BCUT2D eigenvalue weighted by Crippen LogP contribution is -2.30. The first-order chi connectivity index (χ1) is 10.1. The Bertz CT molecular complexity index is 604. The van der Waals surface area contributed by atoms with Crippen LogP contribution in [0.4, 0.5) is 0 Å². The summed E-state index contributed by atoms with van der Waals surface area (Å²) in [6.45, 7) is 0.532. The molecule has 0 amide bonds. The molecule has 1 aromatic rings. The molecule has 0 atom stereocenters. The van der Waals surface area contributed by atoms with Crippen molar-refractivity contribution in [1.82, 2.24) is 9.71 Å². The van der Waals surface area contributed by atoms with Gasteiger partial charge >= 0.3 is 0 Å². The molecule has 7 heteroatoms. The van der Waals surface area contributed by atoms with Crippen molar-refractivity contribution in [2.75, 3.05) is 13.2 Å². The predicted molar refractivity (Wildman–Crippen MR) is 77.0 cm³/mol. The molecule has 0 aromatic carbocycles. The fraction of sp³-hybridized carbons (Fsp3) is 0.571. The lowest BCUT2D eigenvalue weighted by Gasteiger charge is -2.22. The Morgan fingerprint density at radius 3 is 2.86 bits per heavy atom. The smallest absolute Gasteiger partial charge is 0.243 e. The van der Waals surface area contributed by atoms with E-state index in [0.29, 0.717) is 6.61 Å². The first-order valence-electron chi connectivity index (χ1n) is 7.10. The van der Waals surface area contributed by atoms with Gasteiger partial charge < -0.3 is 4.74 Å². The first kappa shape index (κ1) is 15.9. The molecule has 114 valence electrons. The number of sulfonamides is 1. The summed E-state index contributed by atoms with van der Waals surface area (Å²) < 4.78 is 32.3. The molecule has 1 heterocycles. The van der Waals surface area contributed by atoms with Gasteiger partial charge in [-0.25, -0.2) is 18.1 Å². The van der Waals surface area contributed by atoms with Gasteiger partial charge in [-0.05, 0) is 25.0 Å². The maximum atomic E-state index is 12.1. The summed E-state index contributed by atoms with van der Waals surface area (Å²) >= 11 is 0. The van der Waals surface area contributed by atoms with Crippen molar-refractivity contribution in [2.45, 2.75) is 43.1 Å². The molecule has 1 aliphatic carbocycles. The molecule has 6 nitrogen and oxygen atoms in total. The van der Waals surface area contributed by atoms with Crippen molar-refractivity contribution < 1.29 is 13.2 Å². The minimum atomic E-state index is -3.72. The SMILES string of the molecule is N#Cc1ncccc1S(=O)(=O)NCCOC1CCCCC1. The van der Waals surface area contributed by atoms with Gasteiger partial charge in [-0.2, -0.15) is 5.26 Å². The molecular weight excluding hydrogens is 290 g/mol. The van der Waals surface area contributed by atoms with Gasteiger partial charge in [-0.3, -0.25) is 0 Å². The number of rotatable bonds is 6. The highest BCUT2D eigenvalue weighted by molar-refractivity contribution is 7.89. The third-order valence-corrected chi connectivity index (χ3v) is 4.96. The van der Waals surface area contributed by atoms with Crippen LogP contribution in [-0.4, -0.2) is 32.7 Å². The van der Waals surface area contributed by atoms with E-state index in [1.807, 2.05) is 0 Å². The second-order valence-corrected chi connectivity index (χ2v) is 6.73. The van der Waals surface area contributed by atoms with E-state index in [4.69, 9.17) is 10.00 Å².